The quantitative estimate of drug-likeness (QED) is 0.713. The first-order chi connectivity index (χ1) is 6.86. The zero-order chi connectivity index (χ0) is 10.2. The number of hydrogen-bond acceptors (Lipinski definition) is 4. The third kappa shape index (κ3) is 3.37. The van der Waals surface area contributed by atoms with Crippen LogP contribution < -0.4 is 0 Å². The number of thiophene rings is 1. The van der Waals surface area contributed by atoms with Crippen molar-refractivity contribution >= 4 is 23.9 Å². The molecule has 0 aromatic carbocycles. The number of furan rings is 1. The average molecular weight is 208 g/mol. The van der Waals surface area contributed by atoms with Crippen LogP contribution in [0.5, 0.6) is 0 Å². The summed E-state index contributed by atoms with van der Waals surface area (Å²) >= 11 is 1.45. The van der Waals surface area contributed by atoms with Gasteiger partial charge < -0.3 is 4.42 Å². The first-order valence-corrected chi connectivity index (χ1v) is 4.72. The van der Waals surface area contributed by atoms with E-state index in [1.54, 1.807) is 18.2 Å². The topological polar surface area (TPSA) is 47.3 Å². The van der Waals surface area contributed by atoms with Gasteiger partial charge in [-0.3, -0.25) is 9.59 Å². The fourth-order valence-corrected chi connectivity index (χ4v) is 1.24. The van der Waals surface area contributed by atoms with Crippen LogP contribution in [0.1, 0.15) is 20.2 Å². The summed E-state index contributed by atoms with van der Waals surface area (Å²) in [5, 5.41) is 1.88. The molecule has 0 aliphatic rings. The first kappa shape index (κ1) is 10.4. The van der Waals surface area contributed by atoms with Gasteiger partial charge in [-0.25, -0.2) is 0 Å². The molecule has 14 heavy (non-hydrogen) atoms. The Labute approximate surface area is 85.0 Å². The lowest BCUT2D eigenvalue weighted by molar-refractivity contribution is 0.109. The van der Waals surface area contributed by atoms with Gasteiger partial charge in [-0.05, 0) is 23.6 Å². The molecule has 0 N–H and O–H groups in total. The molecule has 2 heterocycles. The summed E-state index contributed by atoms with van der Waals surface area (Å²) in [6, 6.07) is 6.92. The Morgan fingerprint density at radius 3 is 2.29 bits per heavy atom. The molecule has 4 heteroatoms. The van der Waals surface area contributed by atoms with E-state index in [0.29, 0.717) is 12.0 Å². The Morgan fingerprint density at radius 2 is 2.00 bits per heavy atom. The normalized spacial score (nSPS) is 8.57. The minimum Gasteiger partial charge on any atom is -0.462 e. The van der Waals surface area contributed by atoms with Gasteiger partial charge in [0, 0.05) is 0 Å². The molecular formula is C10H8O3S. The van der Waals surface area contributed by atoms with Crippen molar-refractivity contribution in [3.63, 3.8) is 0 Å². The van der Waals surface area contributed by atoms with Crippen LogP contribution in [0.15, 0.2) is 40.3 Å². The summed E-state index contributed by atoms with van der Waals surface area (Å²) in [5.74, 6) is 0.375. The number of carbonyl (C=O) groups excluding carboxylic acids is 2. The molecule has 0 saturated heterocycles. The van der Waals surface area contributed by atoms with Crippen molar-refractivity contribution in [2.45, 2.75) is 0 Å². The number of carbonyl (C=O) groups is 2. The van der Waals surface area contributed by atoms with Crippen molar-refractivity contribution in [2.24, 2.45) is 0 Å². The van der Waals surface area contributed by atoms with Crippen LogP contribution in [0.25, 0.3) is 0 Å². The second-order valence-corrected chi connectivity index (χ2v) is 3.25. The number of rotatable bonds is 2. The van der Waals surface area contributed by atoms with E-state index in [4.69, 9.17) is 0 Å². The zero-order valence-electron chi connectivity index (χ0n) is 7.25. The molecule has 0 fully saturated rings. The van der Waals surface area contributed by atoms with E-state index in [-0.39, 0.29) is 0 Å². The number of hydrogen-bond donors (Lipinski definition) is 0. The van der Waals surface area contributed by atoms with Gasteiger partial charge in [0.25, 0.3) is 0 Å². The van der Waals surface area contributed by atoms with Crippen LogP contribution in [0.2, 0.25) is 0 Å². The predicted octanol–water partition coefficient (Wildman–Crippen LogP) is 2.65. The third-order valence-electron chi connectivity index (χ3n) is 1.32. The van der Waals surface area contributed by atoms with E-state index in [1.807, 2.05) is 11.4 Å². The highest BCUT2D eigenvalue weighted by molar-refractivity contribution is 7.11. The summed E-state index contributed by atoms with van der Waals surface area (Å²) < 4.78 is 4.61. The number of aldehydes is 2. The predicted molar refractivity (Wildman–Crippen MR) is 53.8 cm³/mol. The first-order valence-electron chi connectivity index (χ1n) is 3.84. The van der Waals surface area contributed by atoms with E-state index >= 15 is 0 Å². The third-order valence-corrected chi connectivity index (χ3v) is 2.12. The molecule has 0 spiro atoms. The lowest BCUT2D eigenvalue weighted by atomic mass is 10.5. The van der Waals surface area contributed by atoms with Crippen LogP contribution in [0.4, 0.5) is 0 Å². The SMILES string of the molecule is O=Cc1ccco1.O=Cc1cccs1. The maximum atomic E-state index is 9.88. The molecule has 2 rings (SSSR count). The maximum absolute atomic E-state index is 9.88. The Hall–Kier alpha value is -1.68. The Bertz CT molecular complexity index is 324. The highest BCUT2D eigenvalue weighted by atomic mass is 32.1. The van der Waals surface area contributed by atoms with E-state index in [2.05, 4.69) is 4.42 Å². The van der Waals surface area contributed by atoms with E-state index in [0.717, 1.165) is 11.2 Å². The van der Waals surface area contributed by atoms with Crippen molar-refractivity contribution in [1.82, 2.24) is 0 Å². The van der Waals surface area contributed by atoms with Crippen molar-refractivity contribution < 1.29 is 14.0 Å². The summed E-state index contributed by atoms with van der Waals surface area (Å²) in [6.45, 7) is 0. The molecule has 72 valence electrons. The highest BCUT2D eigenvalue weighted by Crippen LogP contribution is 2.03. The lowest BCUT2D eigenvalue weighted by Gasteiger charge is -1.68. The molecule has 0 aliphatic carbocycles. The van der Waals surface area contributed by atoms with Gasteiger partial charge in [-0.2, -0.15) is 0 Å². The van der Waals surface area contributed by atoms with Crippen LogP contribution in [-0.4, -0.2) is 12.6 Å². The molecule has 0 unspecified atom stereocenters. The minimum absolute atomic E-state index is 0.375. The van der Waals surface area contributed by atoms with E-state index < -0.39 is 0 Å². The molecule has 0 atom stereocenters. The van der Waals surface area contributed by atoms with Crippen LogP contribution >= 0.6 is 11.3 Å². The standard InChI is InChI=1S/C5H4O2.C5H4OS/c2*6-4-5-2-1-3-7-5/h2*1-4H. The molecule has 3 nitrogen and oxygen atoms in total. The van der Waals surface area contributed by atoms with Crippen molar-refractivity contribution in [3.05, 3.63) is 46.5 Å². The summed E-state index contributed by atoms with van der Waals surface area (Å²) in [5.41, 5.74) is 0. The minimum atomic E-state index is 0.375. The van der Waals surface area contributed by atoms with Gasteiger partial charge in [-0.1, -0.05) is 6.07 Å². The second-order valence-electron chi connectivity index (χ2n) is 2.27. The van der Waals surface area contributed by atoms with Crippen molar-refractivity contribution in [2.75, 3.05) is 0 Å². The van der Waals surface area contributed by atoms with E-state index in [9.17, 15) is 9.59 Å². The van der Waals surface area contributed by atoms with Crippen LogP contribution in [0.3, 0.4) is 0 Å². The summed E-state index contributed by atoms with van der Waals surface area (Å²) in [6.07, 6.45) is 2.98. The smallest absolute Gasteiger partial charge is 0.185 e. The van der Waals surface area contributed by atoms with Gasteiger partial charge in [-0.15, -0.1) is 11.3 Å². The monoisotopic (exact) mass is 208 g/mol. The summed E-state index contributed by atoms with van der Waals surface area (Å²) in [4.78, 5) is 20.4. The largest absolute Gasteiger partial charge is 0.462 e. The van der Waals surface area contributed by atoms with Gasteiger partial charge in [0.1, 0.15) is 0 Å². The molecule has 0 aliphatic heterocycles. The zero-order valence-corrected chi connectivity index (χ0v) is 8.07. The fourth-order valence-electron chi connectivity index (χ4n) is 0.717. The van der Waals surface area contributed by atoms with Crippen molar-refractivity contribution in [1.29, 1.82) is 0 Å². The van der Waals surface area contributed by atoms with Crippen molar-refractivity contribution in [3.8, 4) is 0 Å². The maximum Gasteiger partial charge on any atom is 0.185 e. The van der Waals surface area contributed by atoms with Gasteiger partial charge in [0.05, 0.1) is 11.1 Å². The van der Waals surface area contributed by atoms with Crippen LogP contribution in [-0.2, 0) is 0 Å². The lowest BCUT2D eigenvalue weighted by Crippen LogP contribution is -1.65. The Balaban J connectivity index is 0.000000140. The van der Waals surface area contributed by atoms with E-state index in [1.165, 1.54) is 17.6 Å². The molecule has 0 radical (unpaired) electrons. The van der Waals surface area contributed by atoms with Gasteiger partial charge in [0.15, 0.2) is 18.3 Å². The molecule has 0 amide bonds. The molecule has 2 aromatic rings. The highest BCUT2D eigenvalue weighted by Gasteiger charge is 1.84. The van der Waals surface area contributed by atoms with Crippen LogP contribution in [0, 0.1) is 0 Å². The van der Waals surface area contributed by atoms with Gasteiger partial charge in [0.2, 0.25) is 0 Å². The van der Waals surface area contributed by atoms with Gasteiger partial charge >= 0.3 is 0 Å². The molecule has 2 aromatic heterocycles. The summed E-state index contributed by atoms with van der Waals surface area (Å²) in [7, 11) is 0. The fraction of sp³-hybridized carbons (Fsp3) is 0. The molecule has 0 saturated carbocycles. The molecule has 0 bridgehead atoms. The molecular weight excluding hydrogens is 200 g/mol. The second kappa shape index (κ2) is 5.88. The Morgan fingerprint density at radius 1 is 1.14 bits per heavy atom. The Kier molecular flexibility index (Phi) is 4.37. The average Bonchev–Trinajstić information content (AvgIpc) is 2.92.